The summed E-state index contributed by atoms with van der Waals surface area (Å²) in [7, 11) is 0. The zero-order chi connectivity index (χ0) is 17.1. The minimum atomic E-state index is 0.0196. The first-order valence-corrected chi connectivity index (χ1v) is 8.64. The van der Waals surface area contributed by atoms with Crippen molar-refractivity contribution in [1.29, 1.82) is 5.26 Å². The standard InChI is InChI=1S/C17H17N5OS/c1-11-6-7-12-4-2-3-5-14(12)22(11)15(23)10-24-17-20-9-13(8-18)16(19)21-17/h2-5,9,11H,6-7,10H2,1H3,(H2,19,20,21)/t11-/m1/s1. The van der Waals surface area contributed by atoms with Gasteiger partial charge in [0.1, 0.15) is 17.5 Å². The summed E-state index contributed by atoms with van der Waals surface area (Å²) in [5.41, 5.74) is 8.11. The first-order valence-electron chi connectivity index (χ1n) is 7.65. The summed E-state index contributed by atoms with van der Waals surface area (Å²) in [6, 6.07) is 10.1. The summed E-state index contributed by atoms with van der Waals surface area (Å²) in [5.74, 6) is 0.384. The molecule has 2 aromatic rings. The van der Waals surface area contributed by atoms with Crippen molar-refractivity contribution < 1.29 is 4.79 Å². The molecule has 0 spiro atoms. The highest BCUT2D eigenvalue weighted by Crippen LogP contribution is 2.31. The molecule has 0 fully saturated rings. The second-order valence-corrected chi connectivity index (χ2v) is 6.57. The van der Waals surface area contributed by atoms with Crippen molar-refractivity contribution in [3.05, 3.63) is 41.6 Å². The number of rotatable bonds is 3. The Morgan fingerprint density at radius 3 is 3.04 bits per heavy atom. The Bertz CT molecular complexity index is 817. The Morgan fingerprint density at radius 1 is 1.50 bits per heavy atom. The smallest absolute Gasteiger partial charge is 0.237 e. The molecule has 3 rings (SSSR count). The van der Waals surface area contributed by atoms with Gasteiger partial charge in [0.25, 0.3) is 0 Å². The fourth-order valence-corrected chi connectivity index (χ4v) is 3.48. The molecule has 0 unspecified atom stereocenters. The van der Waals surface area contributed by atoms with Crippen LogP contribution in [-0.4, -0.2) is 27.7 Å². The summed E-state index contributed by atoms with van der Waals surface area (Å²) >= 11 is 1.23. The third kappa shape index (κ3) is 3.19. The number of nitrogens with two attached hydrogens (primary N) is 1. The van der Waals surface area contributed by atoms with E-state index in [1.54, 1.807) is 0 Å². The number of hydrogen-bond acceptors (Lipinski definition) is 6. The van der Waals surface area contributed by atoms with Gasteiger partial charge in [0.2, 0.25) is 5.91 Å². The molecule has 1 atom stereocenters. The van der Waals surface area contributed by atoms with Gasteiger partial charge in [-0.05, 0) is 31.4 Å². The predicted octanol–water partition coefficient (Wildman–Crippen LogP) is 2.39. The van der Waals surface area contributed by atoms with Gasteiger partial charge in [-0.3, -0.25) is 4.79 Å². The van der Waals surface area contributed by atoms with Gasteiger partial charge in [0.15, 0.2) is 5.16 Å². The lowest BCUT2D eigenvalue weighted by atomic mass is 9.97. The van der Waals surface area contributed by atoms with Crippen molar-refractivity contribution >= 4 is 29.2 Å². The summed E-state index contributed by atoms with van der Waals surface area (Å²) < 4.78 is 0. The number of nitrogen functional groups attached to an aromatic ring is 1. The number of hydrogen-bond donors (Lipinski definition) is 1. The molecule has 7 heteroatoms. The number of anilines is 2. The van der Waals surface area contributed by atoms with Crippen LogP contribution in [0.3, 0.4) is 0 Å². The van der Waals surface area contributed by atoms with Gasteiger partial charge in [-0.2, -0.15) is 5.26 Å². The zero-order valence-electron chi connectivity index (χ0n) is 13.3. The molecule has 1 amide bonds. The molecule has 0 bridgehead atoms. The Hall–Kier alpha value is -2.59. The molecule has 0 aliphatic carbocycles. The summed E-state index contributed by atoms with van der Waals surface area (Å²) in [6.07, 6.45) is 3.32. The molecule has 122 valence electrons. The highest BCUT2D eigenvalue weighted by atomic mass is 32.2. The van der Waals surface area contributed by atoms with Crippen LogP contribution >= 0.6 is 11.8 Å². The maximum absolute atomic E-state index is 12.7. The molecule has 6 nitrogen and oxygen atoms in total. The average Bonchev–Trinajstić information content (AvgIpc) is 2.59. The number of fused-ring (bicyclic) bond motifs is 1. The van der Waals surface area contributed by atoms with Crippen LogP contribution in [0.4, 0.5) is 11.5 Å². The Labute approximate surface area is 144 Å². The van der Waals surface area contributed by atoms with E-state index in [9.17, 15) is 4.79 Å². The maximum atomic E-state index is 12.7. The van der Waals surface area contributed by atoms with E-state index in [2.05, 4.69) is 23.0 Å². The number of carbonyl (C=O) groups excluding carboxylic acids is 1. The highest BCUT2D eigenvalue weighted by Gasteiger charge is 2.27. The molecule has 1 aromatic carbocycles. The number of para-hydroxylation sites is 1. The van der Waals surface area contributed by atoms with Gasteiger partial charge >= 0.3 is 0 Å². The van der Waals surface area contributed by atoms with Crippen molar-refractivity contribution in [2.24, 2.45) is 0 Å². The van der Waals surface area contributed by atoms with E-state index in [-0.39, 0.29) is 29.1 Å². The quantitative estimate of drug-likeness (QED) is 0.681. The minimum Gasteiger partial charge on any atom is -0.382 e. The van der Waals surface area contributed by atoms with E-state index in [0.717, 1.165) is 18.5 Å². The van der Waals surface area contributed by atoms with Crippen LogP contribution in [0, 0.1) is 11.3 Å². The van der Waals surface area contributed by atoms with Gasteiger partial charge in [-0.25, -0.2) is 9.97 Å². The first-order chi connectivity index (χ1) is 11.6. The topological polar surface area (TPSA) is 95.9 Å². The first kappa shape index (κ1) is 16.3. The molecular weight excluding hydrogens is 322 g/mol. The summed E-state index contributed by atoms with van der Waals surface area (Å²) in [4.78, 5) is 22.7. The van der Waals surface area contributed by atoms with Crippen molar-refractivity contribution in [2.75, 3.05) is 16.4 Å². The molecule has 1 aliphatic rings. The van der Waals surface area contributed by atoms with E-state index in [1.165, 1.54) is 23.5 Å². The van der Waals surface area contributed by atoms with E-state index in [0.29, 0.717) is 5.16 Å². The molecule has 0 saturated heterocycles. The lowest BCUT2D eigenvalue weighted by Gasteiger charge is -2.35. The number of nitrogens with zero attached hydrogens (tertiary/aromatic N) is 4. The van der Waals surface area contributed by atoms with Gasteiger partial charge in [0, 0.05) is 11.7 Å². The summed E-state index contributed by atoms with van der Waals surface area (Å²) in [5, 5.41) is 9.24. The van der Waals surface area contributed by atoms with Gasteiger partial charge in [-0.1, -0.05) is 30.0 Å². The van der Waals surface area contributed by atoms with E-state index in [4.69, 9.17) is 11.0 Å². The monoisotopic (exact) mass is 339 g/mol. The number of thioether (sulfide) groups is 1. The second kappa shape index (κ2) is 6.89. The molecule has 1 aromatic heterocycles. The van der Waals surface area contributed by atoms with E-state index >= 15 is 0 Å². The van der Waals surface area contributed by atoms with Gasteiger partial charge < -0.3 is 10.6 Å². The van der Waals surface area contributed by atoms with Gasteiger partial charge in [-0.15, -0.1) is 0 Å². The van der Waals surface area contributed by atoms with Crippen LogP contribution in [0.2, 0.25) is 0 Å². The average molecular weight is 339 g/mol. The van der Waals surface area contributed by atoms with Crippen LogP contribution < -0.4 is 10.6 Å². The summed E-state index contributed by atoms with van der Waals surface area (Å²) in [6.45, 7) is 2.06. The largest absolute Gasteiger partial charge is 0.382 e. The number of benzene rings is 1. The Kier molecular flexibility index (Phi) is 4.67. The van der Waals surface area contributed by atoms with Crippen molar-refractivity contribution in [1.82, 2.24) is 9.97 Å². The van der Waals surface area contributed by atoms with Crippen LogP contribution in [0.5, 0.6) is 0 Å². The zero-order valence-corrected chi connectivity index (χ0v) is 14.1. The van der Waals surface area contributed by atoms with Crippen LogP contribution in [0.15, 0.2) is 35.6 Å². The van der Waals surface area contributed by atoms with Gasteiger partial charge in [0.05, 0.1) is 11.9 Å². The SMILES string of the molecule is C[C@@H]1CCc2ccccc2N1C(=O)CSc1ncc(C#N)c(N)n1. The fraction of sp³-hybridized carbons (Fsp3) is 0.294. The van der Waals surface area contributed by atoms with Crippen molar-refractivity contribution in [3.8, 4) is 6.07 Å². The number of aromatic nitrogens is 2. The molecule has 0 saturated carbocycles. The van der Waals surface area contributed by atoms with E-state index in [1.807, 2.05) is 29.2 Å². The van der Waals surface area contributed by atoms with Crippen molar-refractivity contribution in [2.45, 2.75) is 31.0 Å². The lowest BCUT2D eigenvalue weighted by molar-refractivity contribution is -0.116. The Morgan fingerprint density at radius 2 is 2.29 bits per heavy atom. The third-order valence-corrected chi connectivity index (χ3v) is 4.88. The molecule has 2 N–H and O–H groups in total. The molecular formula is C17H17N5OS. The predicted molar refractivity (Wildman–Crippen MR) is 93.6 cm³/mol. The normalized spacial score (nSPS) is 16.3. The molecule has 1 aliphatic heterocycles. The van der Waals surface area contributed by atoms with Crippen LogP contribution in [0.25, 0.3) is 0 Å². The maximum Gasteiger partial charge on any atom is 0.237 e. The molecule has 24 heavy (non-hydrogen) atoms. The molecule has 2 heterocycles. The molecule has 0 radical (unpaired) electrons. The van der Waals surface area contributed by atoms with E-state index < -0.39 is 0 Å². The third-order valence-electron chi connectivity index (χ3n) is 4.03. The highest BCUT2D eigenvalue weighted by molar-refractivity contribution is 7.99. The number of aryl methyl sites for hydroxylation is 1. The fourth-order valence-electron chi connectivity index (χ4n) is 2.80. The number of nitriles is 1. The van der Waals surface area contributed by atoms with Crippen LogP contribution in [-0.2, 0) is 11.2 Å². The van der Waals surface area contributed by atoms with Crippen molar-refractivity contribution in [3.63, 3.8) is 0 Å². The Balaban J connectivity index is 1.73. The lowest BCUT2D eigenvalue weighted by Crippen LogP contribution is -2.43. The van der Waals surface area contributed by atoms with Crippen LogP contribution in [0.1, 0.15) is 24.5 Å². The minimum absolute atomic E-state index is 0.0196. The second-order valence-electron chi connectivity index (χ2n) is 5.63. The number of carbonyl (C=O) groups is 1. The number of amides is 1.